The molecule has 0 aliphatic carbocycles. The van der Waals surface area contributed by atoms with Crippen molar-refractivity contribution in [1.82, 2.24) is 14.1 Å². The van der Waals surface area contributed by atoms with E-state index in [0.717, 1.165) is 25.1 Å². The first kappa shape index (κ1) is 23.2. The van der Waals surface area contributed by atoms with E-state index in [-0.39, 0.29) is 11.3 Å². The van der Waals surface area contributed by atoms with Crippen LogP contribution in [0.4, 0.5) is 13.2 Å². The maximum absolute atomic E-state index is 13.0. The smallest absolute Gasteiger partial charge is 0.417 e. The number of sulfonamides is 1. The van der Waals surface area contributed by atoms with E-state index in [0.29, 0.717) is 11.0 Å². The van der Waals surface area contributed by atoms with Crippen LogP contribution in [0.25, 0.3) is 4.96 Å². The van der Waals surface area contributed by atoms with Crippen molar-refractivity contribution in [2.24, 2.45) is 0 Å². The molecule has 2 heterocycles. The second-order valence-electron chi connectivity index (χ2n) is 6.23. The molecule has 0 radical (unpaired) electrons. The first-order valence-corrected chi connectivity index (χ1v) is 11.1. The van der Waals surface area contributed by atoms with Crippen molar-refractivity contribution in [2.45, 2.75) is 30.6 Å². The molecule has 0 aliphatic heterocycles. The minimum atomic E-state index is -4.86. The molecule has 0 saturated heterocycles. The van der Waals surface area contributed by atoms with Crippen LogP contribution in [0.1, 0.15) is 18.2 Å². The van der Waals surface area contributed by atoms with Crippen LogP contribution in [0.5, 0.6) is 0 Å². The highest BCUT2D eigenvalue weighted by molar-refractivity contribution is 7.89. The van der Waals surface area contributed by atoms with Gasteiger partial charge in [-0.05, 0) is 25.1 Å². The zero-order valence-electron chi connectivity index (χ0n) is 15.5. The number of alkyl halides is 3. The van der Waals surface area contributed by atoms with E-state index in [4.69, 9.17) is 16.3 Å². The molecule has 3 aromatic rings. The van der Waals surface area contributed by atoms with Gasteiger partial charge in [0.2, 0.25) is 10.0 Å². The molecular formula is C17H13ClF3N3O5S2. The van der Waals surface area contributed by atoms with Crippen LogP contribution >= 0.6 is 22.9 Å². The third-order valence-electron chi connectivity index (χ3n) is 3.96. The molecule has 1 aromatic carbocycles. The molecule has 1 atom stereocenters. The molecule has 166 valence electrons. The standard InChI is InChI=1S/C17H13ClF3N3O5S2/c1-9(15(26)29-8-10-6-14(25)24-4-5-30-16(24)22-10)23-31(27,28)11-2-3-13(18)12(7-11)17(19,20)21/h2-7,9,23H,8H2,1H3/t9-/m1/s1. The van der Waals surface area contributed by atoms with Crippen molar-refractivity contribution < 1.29 is 31.1 Å². The Morgan fingerprint density at radius 2 is 2.06 bits per heavy atom. The Hall–Kier alpha value is -2.48. The third-order valence-corrected chi connectivity index (χ3v) is 6.58. The molecule has 0 fully saturated rings. The number of halogens is 4. The fourth-order valence-corrected chi connectivity index (χ4v) is 4.65. The van der Waals surface area contributed by atoms with E-state index in [1.54, 1.807) is 5.38 Å². The van der Waals surface area contributed by atoms with Gasteiger partial charge in [-0.1, -0.05) is 11.6 Å². The van der Waals surface area contributed by atoms with E-state index >= 15 is 0 Å². The lowest BCUT2D eigenvalue weighted by Crippen LogP contribution is -2.39. The number of aromatic nitrogens is 2. The second-order valence-corrected chi connectivity index (χ2v) is 9.23. The number of fused-ring (bicyclic) bond motifs is 1. The first-order chi connectivity index (χ1) is 14.4. The van der Waals surface area contributed by atoms with Gasteiger partial charge in [0.15, 0.2) is 4.96 Å². The molecule has 3 rings (SSSR count). The summed E-state index contributed by atoms with van der Waals surface area (Å²) in [6, 6.07) is 1.78. The summed E-state index contributed by atoms with van der Waals surface area (Å²) in [7, 11) is -4.49. The number of nitrogens with one attached hydrogen (secondary N) is 1. The van der Waals surface area contributed by atoms with Crippen LogP contribution in [-0.4, -0.2) is 29.8 Å². The Balaban J connectivity index is 1.70. The molecule has 0 spiro atoms. The molecule has 0 aliphatic rings. The average molecular weight is 496 g/mol. The van der Waals surface area contributed by atoms with Gasteiger partial charge in [-0.2, -0.15) is 17.9 Å². The summed E-state index contributed by atoms with van der Waals surface area (Å²) >= 11 is 6.68. The number of ether oxygens (including phenoxy) is 1. The fourth-order valence-electron chi connectivity index (χ4n) is 2.47. The van der Waals surface area contributed by atoms with Crippen LogP contribution in [0, 0.1) is 0 Å². The van der Waals surface area contributed by atoms with Crippen LogP contribution in [0.15, 0.2) is 45.5 Å². The first-order valence-electron chi connectivity index (χ1n) is 8.40. The summed E-state index contributed by atoms with van der Waals surface area (Å²) in [5, 5.41) is 0.988. The molecular weight excluding hydrogens is 483 g/mol. The SMILES string of the molecule is C[C@@H](NS(=O)(=O)c1ccc(Cl)c(C(F)(F)F)c1)C(=O)OCc1cc(=O)n2ccsc2n1. The van der Waals surface area contributed by atoms with Gasteiger partial charge in [0.05, 0.1) is 21.2 Å². The quantitative estimate of drug-likeness (QED) is 0.527. The molecule has 1 N–H and O–H groups in total. The minimum absolute atomic E-state index is 0.156. The van der Waals surface area contributed by atoms with Crippen LogP contribution < -0.4 is 10.3 Å². The number of hydrogen-bond donors (Lipinski definition) is 1. The predicted octanol–water partition coefficient (Wildman–Crippen LogP) is 2.84. The number of nitrogens with zero attached hydrogens (tertiary/aromatic N) is 2. The van der Waals surface area contributed by atoms with Gasteiger partial charge in [-0.15, -0.1) is 11.3 Å². The number of carbonyl (C=O) groups excluding carboxylic acids is 1. The summed E-state index contributed by atoms with van der Waals surface area (Å²) in [6.07, 6.45) is -3.33. The molecule has 2 aromatic heterocycles. The van der Waals surface area contributed by atoms with E-state index in [1.165, 1.54) is 21.9 Å². The van der Waals surface area contributed by atoms with Crippen LogP contribution in [-0.2, 0) is 32.3 Å². The molecule has 0 saturated carbocycles. The van der Waals surface area contributed by atoms with Crippen molar-refractivity contribution in [1.29, 1.82) is 0 Å². The molecule has 8 nitrogen and oxygen atoms in total. The average Bonchev–Trinajstić information content (AvgIpc) is 3.14. The van der Waals surface area contributed by atoms with Gasteiger partial charge in [-0.3, -0.25) is 14.0 Å². The number of esters is 1. The van der Waals surface area contributed by atoms with E-state index < -0.39 is 50.3 Å². The summed E-state index contributed by atoms with van der Waals surface area (Å²) in [5.41, 5.74) is -1.55. The number of rotatable bonds is 6. The fraction of sp³-hybridized carbons (Fsp3) is 0.235. The highest BCUT2D eigenvalue weighted by atomic mass is 35.5. The zero-order chi connectivity index (χ0) is 23.0. The lowest BCUT2D eigenvalue weighted by Gasteiger charge is -2.15. The Morgan fingerprint density at radius 1 is 1.35 bits per heavy atom. The van der Waals surface area contributed by atoms with Gasteiger partial charge in [0, 0.05) is 17.6 Å². The molecule has 0 bridgehead atoms. The Morgan fingerprint density at radius 3 is 2.74 bits per heavy atom. The predicted molar refractivity (Wildman–Crippen MR) is 105 cm³/mol. The Kier molecular flexibility index (Phi) is 6.41. The van der Waals surface area contributed by atoms with Gasteiger partial charge < -0.3 is 4.74 Å². The van der Waals surface area contributed by atoms with E-state index in [1.807, 2.05) is 4.72 Å². The highest BCUT2D eigenvalue weighted by Gasteiger charge is 2.35. The number of benzene rings is 1. The normalized spacial score (nSPS) is 13.3. The van der Waals surface area contributed by atoms with Crippen LogP contribution in [0.2, 0.25) is 5.02 Å². The van der Waals surface area contributed by atoms with Crippen molar-refractivity contribution in [3.8, 4) is 0 Å². The summed E-state index contributed by atoms with van der Waals surface area (Å²) in [6.45, 7) is 0.763. The maximum atomic E-state index is 13.0. The van der Waals surface area contributed by atoms with Gasteiger partial charge in [-0.25, -0.2) is 13.4 Å². The number of carbonyl (C=O) groups is 1. The maximum Gasteiger partial charge on any atom is 0.417 e. The van der Waals surface area contributed by atoms with Crippen molar-refractivity contribution in [3.05, 3.63) is 62.5 Å². The largest absolute Gasteiger partial charge is 0.458 e. The topological polar surface area (TPSA) is 107 Å². The molecule has 31 heavy (non-hydrogen) atoms. The van der Waals surface area contributed by atoms with E-state index in [9.17, 15) is 31.2 Å². The Bertz CT molecular complexity index is 1300. The molecule has 0 unspecified atom stereocenters. The van der Waals surface area contributed by atoms with Gasteiger partial charge >= 0.3 is 12.1 Å². The molecule has 14 heteroatoms. The number of thiazole rings is 1. The number of hydrogen-bond acceptors (Lipinski definition) is 7. The van der Waals surface area contributed by atoms with Gasteiger partial charge in [0.25, 0.3) is 5.56 Å². The molecule has 0 amide bonds. The summed E-state index contributed by atoms with van der Waals surface area (Å²) in [4.78, 5) is 27.9. The van der Waals surface area contributed by atoms with Gasteiger partial charge in [0.1, 0.15) is 12.6 Å². The van der Waals surface area contributed by atoms with Crippen molar-refractivity contribution >= 4 is 43.9 Å². The van der Waals surface area contributed by atoms with E-state index in [2.05, 4.69) is 4.98 Å². The van der Waals surface area contributed by atoms with Crippen LogP contribution in [0.3, 0.4) is 0 Å². The summed E-state index contributed by atoms with van der Waals surface area (Å²) < 4.78 is 71.9. The lowest BCUT2D eigenvalue weighted by atomic mass is 10.2. The second kappa shape index (κ2) is 8.57. The highest BCUT2D eigenvalue weighted by Crippen LogP contribution is 2.35. The van der Waals surface area contributed by atoms with Crippen molar-refractivity contribution in [2.75, 3.05) is 0 Å². The third kappa shape index (κ3) is 5.23. The zero-order valence-corrected chi connectivity index (χ0v) is 17.9. The Labute approximate surface area is 182 Å². The lowest BCUT2D eigenvalue weighted by molar-refractivity contribution is -0.146. The monoisotopic (exact) mass is 495 g/mol. The summed E-state index contributed by atoms with van der Waals surface area (Å²) in [5.74, 6) is -1.01. The van der Waals surface area contributed by atoms with Crippen molar-refractivity contribution in [3.63, 3.8) is 0 Å². The minimum Gasteiger partial charge on any atom is -0.458 e.